The van der Waals surface area contributed by atoms with Gasteiger partial charge in [0, 0.05) is 6.54 Å². The highest BCUT2D eigenvalue weighted by Crippen LogP contribution is 2.23. The summed E-state index contributed by atoms with van der Waals surface area (Å²) in [5.74, 6) is -6.12. The highest BCUT2D eigenvalue weighted by atomic mass is 19.3. The van der Waals surface area contributed by atoms with Crippen molar-refractivity contribution in [1.82, 2.24) is 5.32 Å². The smallest absolute Gasteiger partial charge is 0.324 e. The second-order valence-electron chi connectivity index (χ2n) is 3.94. The molecule has 0 fully saturated rings. The van der Waals surface area contributed by atoms with E-state index in [0.29, 0.717) is 6.54 Å². The van der Waals surface area contributed by atoms with Crippen LogP contribution in [0.2, 0.25) is 0 Å². The van der Waals surface area contributed by atoms with Crippen molar-refractivity contribution in [2.45, 2.75) is 19.3 Å². The molecular formula is C12H13F5N2O. The maximum atomic E-state index is 13.5. The number of nitrogens with one attached hydrogen (secondary N) is 2. The zero-order valence-corrected chi connectivity index (χ0v) is 10.5. The second kappa shape index (κ2) is 6.53. The molecule has 1 amide bonds. The molecule has 2 N–H and O–H groups in total. The van der Waals surface area contributed by atoms with Gasteiger partial charge in [-0.2, -0.15) is 8.78 Å². The highest BCUT2D eigenvalue weighted by molar-refractivity contribution is 5.99. The molecule has 0 unspecified atom stereocenters. The first-order valence-electron chi connectivity index (χ1n) is 5.76. The fourth-order valence-corrected chi connectivity index (χ4v) is 1.44. The van der Waals surface area contributed by atoms with Crippen LogP contribution in [0.3, 0.4) is 0 Å². The van der Waals surface area contributed by atoms with Gasteiger partial charge in [-0.1, -0.05) is 6.07 Å². The number of carbonyl (C=O) groups excluding carboxylic acids is 1. The normalized spacial score (nSPS) is 11.6. The Morgan fingerprint density at radius 3 is 2.55 bits per heavy atom. The van der Waals surface area contributed by atoms with E-state index in [2.05, 4.69) is 5.32 Å². The van der Waals surface area contributed by atoms with Gasteiger partial charge in [0.05, 0.1) is 17.8 Å². The number of benzene rings is 1. The third kappa shape index (κ3) is 3.82. The van der Waals surface area contributed by atoms with Crippen LogP contribution in [-0.4, -0.2) is 31.3 Å². The molecule has 0 radical (unpaired) electrons. The Labute approximate surface area is 112 Å². The lowest BCUT2D eigenvalue weighted by Gasteiger charge is -2.17. The predicted molar refractivity (Wildman–Crippen MR) is 63.8 cm³/mol. The van der Waals surface area contributed by atoms with E-state index >= 15 is 0 Å². The Balaban J connectivity index is 2.85. The number of halogens is 5. The Hall–Kier alpha value is -1.86. The molecule has 112 valence electrons. The van der Waals surface area contributed by atoms with Gasteiger partial charge >= 0.3 is 12.3 Å². The molecule has 0 aliphatic heterocycles. The van der Waals surface area contributed by atoms with Gasteiger partial charge in [0.2, 0.25) is 0 Å². The van der Waals surface area contributed by atoms with Gasteiger partial charge in [-0.15, -0.1) is 0 Å². The van der Waals surface area contributed by atoms with Crippen molar-refractivity contribution < 1.29 is 26.7 Å². The van der Waals surface area contributed by atoms with Crippen LogP contribution in [0.15, 0.2) is 18.2 Å². The monoisotopic (exact) mass is 296 g/mol. The van der Waals surface area contributed by atoms with Crippen molar-refractivity contribution in [3.05, 3.63) is 29.6 Å². The molecule has 3 nitrogen and oxygen atoms in total. The molecule has 0 atom stereocenters. The van der Waals surface area contributed by atoms with Gasteiger partial charge in [0.15, 0.2) is 0 Å². The molecule has 0 aliphatic rings. The predicted octanol–water partition coefficient (Wildman–Crippen LogP) is 2.89. The number of para-hydroxylation sites is 1. The number of alkyl halides is 4. The number of hydrogen-bond donors (Lipinski definition) is 2. The van der Waals surface area contributed by atoms with Crippen LogP contribution in [0.25, 0.3) is 0 Å². The molecule has 1 rings (SSSR count). The van der Waals surface area contributed by atoms with E-state index in [1.807, 2.05) is 0 Å². The van der Waals surface area contributed by atoms with Crippen molar-refractivity contribution >= 4 is 11.6 Å². The van der Waals surface area contributed by atoms with Crippen LogP contribution >= 0.6 is 0 Å². The summed E-state index contributed by atoms with van der Waals surface area (Å²) in [6.45, 7) is 0.430. The van der Waals surface area contributed by atoms with Gasteiger partial charge in [-0.05, 0) is 19.1 Å². The number of rotatable bonds is 6. The molecule has 0 aliphatic carbocycles. The maximum Gasteiger partial charge on any atom is 0.324 e. The van der Waals surface area contributed by atoms with Crippen LogP contribution in [0.5, 0.6) is 0 Å². The number of anilines is 1. The number of hydrogen-bond acceptors (Lipinski definition) is 2. The Morgan fingerprint density at radius 1 is 1.35 bits per heavy atom. The molecule has 20 heavy (non-hydrogen) atoms. The zero-order valence-electron chi connectivity index (χ0n) is 10.5. The van der Waals surface area contributed by atoms with Gasteiger partial charge in [0.1, 0.15) is 5.82 Å². The van der Waals surface area contributed by atoms with Crippen molar-refractivity contribution in [2.75, 3.05) is 18.4 Å². The zero-order chi connectivity index (χ0) is 15.3. The average Bonchev–Trinajstić information content (AvgIpc) is 2.38. The van der Waals surface area contributed by atoms with E-state index in [0.717, 1.165) is 6.07 Å². The van der Waals surface area contributed by atoms with Crippen molar-refractivity contribution in [3.63, 3.8) is 0 Å². The Morgan fingerprint density at radius 2 is 2.00 bits per heavy atom. The number of amides is 1. The lowest BCUT2D eigenvalue weighted by Crippen LogP contribution is -2.41. The first kappa shape index (κ1) is 16.2. The summed E-state index contributed by atoms with van der Waals surface area (Å²) in [7, 11) is 0. The molecule has 0 spiro atoms. The van der Waals surface area contributed by atoms with Crippen molar-refractivity contribution in [3.8, 4) is 0 Å². The van der Waals surface area contributed by atoms with Gasteiger partial charge < -0.3 is 10.6 Å². The molecule has 0 saturated heterocycles. The molecule has 1 aromatic carbocycles. The maximum absolute atomic E-state index is 13.5. The van der Waals surface area contributed by atoms with Crippen molar-refractivity contribution in [2.24, 2.45) is 0 Å². The minimum Gasteiger partial charge on any atom is -0.382 e. The van der Waals surface area contributed by atoms with E-state index in [9.17, 15) is 26.7 Å². The second-order valence-corrected chi connectivity index (χ2v) is 3.94. The summed E-state index contributed by atoms with van der Waals surface area (Å²) in [5, 5.41) is 4.24. The summed E-state index contributed by atoms with van der Waals surface area (Å²) >= 11 is 0. The molecular weight excluding hydrogens is 283 g/mol. The topological polar surface area (TPSA) is 41.1 Å². The minimum absolute atomic E-state index is 0.159. The average molecular weight is 296 g/mol. The van der Waals surface area contributed by atoms with Gasteiger partial charge in [-0.25, -0.2) is 13.2 Å². The lowest BCUT2D eigenvalue weighted by molar-refractivity contribution is -0.123. The summed E-state index contributed by atoms with van der Waals surface area (Å²) < 4.78 is 62.8. The quantitative estimate of drug-likeness (QED) is 0.793. The molecule has 8 heteroatoms. The van der Waals surface area contributed by atoms with Crippen molar-refractivity contribution in [1.29, 1.82) is 0 Å². The highest BCUT2D eigenvalue weighted by Gasteiger charge is 2.41. The molecule has 0 aromatic heterocycles. The first-order valence-corrected chi connectivity index (χ1v) is 5.76. The van der Waals surface area contributed by atoms with E-state index < -0.39 is 30.6 Å². The summed E-state index contributed by atoms with van der Waals surface area (Å²) in [6, 6.07) is 3.51. The third-order valence-electron chi connectivity index (χ3n) is 2.42. The van der Waals surface area contributed by atoms with E-state index in [4.69, 9.17) is 0 Å². The largest absolute Gasteiger partial charge is 0.382 e. The lowest BCUT2D eigenvalue weighted by atomic mass is 10.1. The fourth-order valence-electron chi connectivity index (χ4n) is 1.44. The molecule has 0 bridgehead atoms. The van der Waals surface area contributed by atoms with Gasteiger partial charge in [0.25, 0.3) is 5.91 Å². The van der Waals surface area contributed by atoms with Crippen LogP contribution in [0.4, 0.5) is 27.6 Å². The molecule has 0 heterocycles. The van der Waals surface area contributed by atoms with Crippen LogP contribution in [-0.2, 0) is 0 Å². The number of carbonyl (C=O) groups is 1. The van der Waals surface area contributed by atoms with Crippen LogP contribution in [0.1, 0.15) is 17.3 Å². The first-order chi connectivity index (χ1) is 9.29. The Kier molecular flexibility index (Phi) is 5.29. The summed E-state index contributed by atoms with van der Waals surface area (Å²) in [5.41, 5.74) is -0.384. The van der Waals surface area contributed by atoms with E-state index in [1.54, 1.807) is 12.2 Å². The molecule has 0 saturated carbocycles. The van der Waals surface area contributed by atoms with Crippen LogP contribution in [0, 0.1) is 5.82 Å². The van der Waals surface area contributed by atoms with Gasteiger partial charge in [-0.3, -0.25) is 4.79 Å². The SMILES string of the molecule is CCNc1c(F)cccc1C(=O)NCC(F)(F)C(F)F. The molecule has 1 aromatic rings. The summed E-state index contributed by atoms with van der Waals surface area (Å²) in [4.78, 5) is 11.7. The third-order valence-corrected chi connectivity index (χ3v) is 2.42. The van der Waals surface area contributed by atoms with E-state index in [-0.39, 0.29) is 11.3 Å². The summed E-state index contributed by atoms with van der Waals surface area (Å²) in [6.07, 6.45) is -3.89. The minimum atomic E-state index is -4.33. The Bertz CT molecular complexity index is 479. The standard InChI is InChI=1S/C12H13F5N2O/c1-2-18-9-7(4-3-5-8(9)13)10(20)19-6-12(16,17)11(14)15/h3-5,11,18H,2,6H2,1H3,(H,19,20). The van der Waals surface area contributed by atoms with Crippen LogP contribution < -0.4 is 10.6 Å². The fraction of sp³-hybridized carbons (Fsp3) is 0.417. The van der Waals surface area contributed by atoms with E-state index in [1.165, 1.54) is 12.1 Å².